The number of ether oxygens (including phenoxy) is 3. The van der Waals surface area contributed by atoms with E-state index in [2.05, 4.69) is 15.2 Å². The number of halogens is 3. The van der Waals surface area contributed by atoms with Crippen molar-refractivity contribution in [3.05, 3.63) is 75.9 Å². The number of aromatic nitrogens is 5. The van der Waals surface area contributed by atoms with Gasteiger partial charge in [0.15, 0.2) is 6.29 Å². The van der Waals surface area contributed by atoms with Crippen molar-refractivity contribution in [3.63, 3.8) is 0 Å². The summed E-state index contributed by atoms with van der Waals surface area (Å²) in [5, 5.41) is 8.10. The van der Waals surface area contributed by atoms with Gasteiger partial charge in [0.05, 0.1) is 36.0 Å². The molecule has 1 saturated heterocycles. The molecule has 1 aliphatic carbocycles. The van der Waals surface area contributed by atoms with Crippen molar-refractivity contribution >= 4 is 10.9 Å². The van der Waals surface area contributed by atoms with E-state index in [4.69, 9.17) is 14.2 Å². The van der Waals surface area contributed by atoms with Crippen LogP contribution in [0.2, 0.25) is 0 Å². The number of alkyl halides is 3. The van der Waals surface area contributed by atoms with Crippen molar-refractivity contribution in [2.24, 2.45) is 7.05 Å². The molecule has 4 aromatic rings. The zero-order valence-electron chi connectivity index (χ0n) is 20.1. The van der Waals surface area contributed by atoms with Gasteiger partial charge in [-0.1, -0.05) is 12.1 Å². The highest BCUT2D eigenvalue weighted by molar-refractivity contribution is 5.84. The molecule has 1 saturated carbocycles. The van der Waals surface area contributed by atoms with Crippen LogP contribution in [0.4, 0.5) is 13.2 Å². The molecule has 0 spiro atoms. The lowest BCUT2D eigenvalue weighted by Gasteiger charge is -2.46. The summed E-state index contributed by atoms with van der Waals surface area (Å²) in [6.07, 6.45) is -1.81. The molecule has 2 fully saturated rings. The van der Waals surface area contributed by atoms with E-state index in [1.807, 2.05) is 17.7 Å². The van der Waals surface area contributed by atoms with Gasteiger partial charge in [-0.15, -0.1) is 10.2 Å². The Kier molecular flexibility index (Phi) is 5.51. The summed E-state index contributed by atoms with van der Waals surface area (Å²) in [4.78, 5) is 16.3. The van der Waals surface area contributed by atoms with E-state index in [0.29, 0.717) is 31.7 Å². The second-order valence-electron chi connectivity index (χ2n) is 9.47. The number of methoxy groups -OCH3 is 1. The fourth-order valence-corrected chi connectivity index (χ4v) is 5.42. The van der Waals surface area contributed by atoms with Gasteiger partial charge in [-0.05, 0) is 36.6 Å². The van der Waals surface area contributed by atoms with Crippen LogP contribution in [0.3, 0.4) is 0 Å². The fraction of sp³-hybridized carbons (Fsp3) is 0.400. The maximum absolute atomic E-state index is 14.2. The maximum atomic E-state index is 14.2. The Morgan fingerprint density at radius 2 is 1.95 bits per heavy atom. The third-order valence-electron chi connectivity index (χ3n) is 7.30. The molecular weight excluding hydrogens is 491 g/mol. The molecule has 3 aromatic heterocycles. The zero-order valence-corrected chi connectivity index (χ0v) is 20.1. The van der Waals surface area contributed by atoms with Gasteiger partial charge in [0.2, 0.25) is 0 Å². The lowest BCUT2D eigenvalue weighted by atomic mass is 9.62. The van der Waals surface area contributed by atoms with Crippen LogP contribution < -0.4 is 5.56 Å². The number of nitrogens with zero attached hydrogens (tertiary/aromatic N) is 4. The molecule has 2 aliphatic rings. The molecule has 0 unspecified atom stereocenters. The van der Waals surface area contributed by atoms with Gasteiger partial charge in [0.25, 0.3) is 5.56 Å². The molecule has 0 radical (unpaired) electrons. The van der Waals surface area contributed by atoms with E-state index in [0.717, 1.165) is 22.2 Å². The number of aromatic amines is 1. The first-order valence-corrected chi connectivity index (χ1v) is 11.8. The van der Waals surface area contributed by atoms with Gasteiger partial charge in [-0.2, -0.15) is 13.2 Å². The summed E-state index contributed by atoms with van der Waals surface area (Å²) in [7, 11) is 3.48. The van der Waals surface area contributed by atoms with Crippen LogP contribution in [0.1, 0.15) is 41.8 Å². The summed E-state index contributed by atoms with van der Waals surface area (Å²) < 4.78 is 61.7. The second kappa shape index (κ2) is 8.54. The third kappa shape index (κ3) is 3.78. The summed E-state index contributed by atoms with van der Waals surface area (Å²) in [5.41, 5.74) is -0.862. The van der Waals surface area contributed by atoms with E-state index in [1.54, 1.807) is 31.6 Å². The Hall–Kier alpha value is -3.48. The molecule has 12 heteroatoms. The largest absolute Gasteiger partial charge is 0.418 e. The Labute approximate surface area is 208 Å². The topological polar surface area (TPSA) is 96.2 Å². The van der Waals surface area contributed by atoms with Gasteiger partial charge in [0, 0.05) is 31.4 Å². The Morgan fingerprint density at radius 1 is 1.19 bits per heavy atom. The zero-order chi connectivity index (χ0) is 25.9. The molecule has 1 aromatic carbocycles. The predicted octanol–water partition coefficient (Wildman–Crippen LogP) is 3.61. The quantitative estimate of drug-likeness (QED) is 0.436. The van der Waals surface area contributed by atoms with E-state index < -0.39 is 29.0 Å². The smallest absolute Gasteiger partial charge is 0.381 e. The van der Waals surface area contributed by atoms with Crippen molar-refractivity contribution < 1.29 is 27.4 Å². The number of pyridine rings is 1. The summed E-state index contributed by atoms with van der Waals surface area (Å²) in [6, 6.07) is 8.24. The molecule has 9 nitrogen and oxygen atoms in total. The minimum atomic E-state index is -4.69. The average molecular weight is 515 g/mol. The number of fused-ring (bicyclic) bond motifs is 1. The monoisotopic (exact) mass is 515 g/mol. The normalized spacial score (nSPS) is 22.6. The van der Waals surface area contributed by atoms with Crippen molar-refractivity contribution in [2.45, 2.75) is 36.8 Å². The van der Waals surface area contributed by atoms with Crippen LogP contribution in [0, 0.1) is 0 Å². The number of aryl methyl sites for hydroxylation is 1. The Morgan fingerprint density at radius 3 is 2.59 bits per heavy atom. The molecule has 0 atom stereocenters. The second-order valence-corrected chi connectivity index (χ2v) is 9.47. The lowest BCUT2D eigenvalue weighted by Crippen LogP contribution is -2.48. The molecule has 0 amide bonds. The van der Waals surface area contributed by atoms with Gasteiger partial charge in [-0.3, -0.25) is 9.36 Å². The number of benzene rings is 1. The van der Waals surface area contributed by atoms with Crippen molar-refractivity contribution in [3.8, 4) is 5.69 Å². The first-order chi connectivity index (χ1) is 17.7. The van der Waals surface area contributed by atoms with Crippen LogP contribution in [-0.4, -0.2) is 50.7 Å². The first kappa shape index (κ1) is 23.9. The van der Waals surface area contributed by atoms with Crippen molar-refractivity contribution in [1.82, 2.24) is 24.3 Å². The molecule has 194 valence electrons. The van der Waals surface area contributed by atoms with Crippen LogP contribution >= 0.6 is 0 Å². The Bertz CT molecular complexity index is 1530. The van der Waals surface area contributed by atoms with E-state index in [9.17, 15) is 18.0 Å². The molecular formula is C25H24F3N5O4. The van der Waals surface area contributed by atoms with Crippen LogP contribution in [0.15, 0.2) is 47.7 Å². The average Bonchev–Trinajstić information content (AvgIpc) is 3.60. The minimum Gasteiger partial charge on any atom is -0.381 e. The number of nitrogens with one attached hydrogen (secondary N) is 1. The fourth-order valence-electron chi connectivity index (χ4n) is 5.42. The molecule has 4 heterocycles. The Balaban J connectivity index is 1.51. The maximum Gasteiger partial charge on any atom is 0.418 e. The van der Waals surface area contributed by atoms with Crippen molar-refractivity contribution in [1.29, 1.82) is 0 Å². The van der Waals surface area contributed by atoms with Gasteiger partial charge in [0.1, 0.15) is 17.7 Å². The van der Waals surface area contributed by atoms with Crippen molar-refractivity contribution in [2.75, 3.05) is 20.3 Å². The van der Waals surface area contributed by atoms with Gasteiger partial charge < -0.3 is 23.8 Å². The molecule has 1 N–H and O–H groups in total. The SMILES string of the molecule is COC1CC(c2cccc(-n3cc(C(F)(F)F)c4cc(C5OCCO5)[nH]c4c3=O)c2)(c2nncn2C)C1. The highest BCUT2D eigenvalue weighted by atomic mass is 19.4. The summed E-state index contributed by atoms with van der Waals surface area (Å²) in [6.45, 7) is 0.640. The molecule has 37 heavy (non-hydrogen) atoms. The van der Waals surface area contributed by atoms with E-state index >= 15 is 0 Å². The minimum absolute atomic E-state index is 0.00799. The first-order valence-electron chi connectivity index (χ1n) is 11.8. The highest BCUT2D eigenvalue weighted by Gasteiger charge is 2.50. The van der Waals surface area contributed by atoms with Gasteiger partial charge in [-0.25, -0.2) is 0 Å². The van der Waals surface area contributed by atoms with E-state index in [1.165, 1.54) is 6.07 Å². The number of H-pyrrole nitrogens is 1. The molecule has 0 bridgehead atoms. The van der Waals surface area contributed by atoms with Crippen LogP contribution in [0.5, 0.6) is 0 Å². The summed E-state index contributed by atoms with van der Waals surface area (Å²) >= 11 is 0. The van der Waals surface area contributed by atoms with E-state index in [-0.39, 0.29) is 22.7 Å². The van der Waals surface area contributed by atoms with Crippen LogP contribution in [0.25, 0.3) is 16.6 Å². The lowest BCUT2D eigenvalue weighted by molar-refractivity contribution is -0.136. The molecule has 1 aliphatic heterocycles. The number of hydrogen-bond acceptors (Lipinski definition) is 6. The highest BCUT2D eigenvalue weighted by Crippen LogP contribution is 2.49. The third-order valence-corrected chi connectivity index (χ3v) is 7.30. The van der Waals surface area contributed by atoms with Crippen LogP contribution in [-0.2, 0) is 32.8 Å². The van der Waals surface area contributed by atoms with Gasteiger partial charge >= 0.3 is 6.18 Å². The predicted molar refractivity (Wildman–Crippen MR) is 125 cm³/mol. The number of rotatable bonds is 5. The summed E-state index contributed by atoms with van der Waals surface area (Å²) in [5.74, 6) is 0.724. The standard InChI is InChI=1S/C25H24F3N5O4/c1-32-13-29-31-23(32)24(10-16(11-24)35-2)14-4-3-5-15(8-14)33-12-18(25(26,27)28)17-9-19(22-36-6-7-37-22)30-20(17)21(33)34/h3-5,8-9,12-13,16,22,30H,6-7,10-11H2,1-2H3. The molecule has 6 rings (SSSR count). The number of hydrogen-bond donors (Lipinski definition) is 1.